The van der Waals surface area contributed by atoms with E-state index in [9.17, 15) is 9.90 Å². The van der Waals surface area contributed by atoms with Gasteiger partial charge in [-0.25, -0.2) is 0 Å². The molecule has 1 amide bonds. The fourth-order valence-electron chi connectivity index (χ4n) is 3.50. The third kappa shape index (κ3) is 3.72. The van der Waals surface area contributed by atoms with Gasteiger partial charge in [-0.05, 0) is 37.6 Å². The number of aromatic hydroxyl groups is 1. The van der Waals surface area contributed by atoms with E-state index in [1.807, 2.05) is 37.3 Å². The highest BCUT2D eigenvalue weighted by atomic mass is 16.3. The number of aromatic nitrogens is 2. The van der Waals surface area contributed by atoms with Crippen molar-refractivity contribution >= 4 is 22.5 Å². The van der Waals surface area contributed by atoms with Gasteiger partial charge in [0, 0.05) is 30.6 Å². The van der Waals surface area contributed by atoms with Gasteiger partial charge in [-0.3, -0.25) is 9.89 Å². The number of fused-ring (bicyclic) bond motifs is 1. The monoisotopic (exact) mass is 385 g/mol. The molecule has 1 heterocycles. The average molecular weight is 385 g/mol. The molecule has 2 N–H and O–H groups in total. The molecule has 0 unspecified atom stereocenters. The summed E-state index contributed by atoms with van der Waals surface area (Å²) in [7, 11) is 1.71. The number of phenols is 1. The van der Waals surface area contributed by atoms with Crippen LogP contribution in [0.25, 0.3) is 10.9 Å². The summed E-state index contributed by atoms with van der Waals surface area (Å²) >= 11 is 0. The molecule has 0 saturated heterocycles. The van der Waals surface area contributed by atoms with Crippen LogP contribution in [0, 0.1) is 13.8 Å². The highest BCUT2D eigenvalue weighted by Crippen LogP contribution is 2.29. The van der Waals surface area contributed by atoms with Crippen LogP contribution >= 0.6 is 0 Å². The molecule has 0 spiro atoms. The van der Waals surface area contributed by atoms with Crippen molar-refractivity contribution < 1.29 is 9.90 Å². The molecule has 5 nitrogen and oxygen atoms in total. The second kappa shape index (κ2) is 7.43. The van der Waals surface area contributed by atoms with E-state index >= 15 is 0 Å². The summed E-state index contributed by atoms with van der Waals surface area (Å²) in [6, 6.07) is 19.3. The minimum Gasteiger partial charge on any atom is -0.507 e. The number of aromatic amines is 1. The van der Waals surface area contributed by atoms with Gasteiger partial charge in [-0.2, -0.15) is 5.10 Å². The first-order chi connectivity index (χ1) is 13.9. The lowest BCUT2D eigenvalue weighted by Crippen LogP contribution is -2.26. The van der Waals surface area contributed by atoms with Crippen LogP contribution in [0.3, 0.4) is 0 Å². The van der Waals surface area contributed by atoms with Crippen molar-refractivity contribution in [3.8, 4) is 5.75 Å². The Hall–Kier alpha value is -3.60. The van der Waals surface area contributed by atoms with Gasteiger partial charge in [0.25, 0.3) is 5.91 Å². The van der Waals surface area contributed by atoms with Crippen molar-refractivity contribution in [1.82, 2.24) is 10.2 Å². The highest BCUT2D eigenvalue weighted by molar-refractivity contribution is 6.09. The van der Waals surface area contributed by atoms with Crippen molar-refractivity contribution in [3.05, 3.63) is 88.6 Å². The van der Waals surface area contributed by atoms with Gasteiger partial charge < -0.3 is 10.0 Å². The molecule has 0 bridgehead atoms. The van der Waals surface area contributed by atoms with Crippen molar-refractivity contribution in [2.45, 2.75) is 20.3 Å². The lowest BCUT2D eigenvalue weighted by Gasteiger charge is -2.18. The third-order valence-electron chi connectivity index (χ3n) is 5.17. The third-order valence-corrected chi connectivity index (χ3v) is 5.17. The molecule has 0 aliphatic rings. The SMILES string of the molecule is Cc1ccc(N(C)C(=O)c2cc3c(Cc4cccc(C)c4)n[nH]c3cc2O)cc1. The number of hydrogen-bond donors (Lipinski definition) is 2. The summed E-state index contributed by atoms with van der Waals surface area (Å²) in [6.07, 6.45) is 0.647. The maximum absolute atomic E-state index is 13.1. The summed E-state index contributed by atoms with van der Waals surface area (Å²) in [5.74, 6) is -0.330. The normalized spacial score (nSPS) is 11.0. The molecule has 0 aliphatic carbocycles. The second-order valence-electron chi connectivity index (χ2n) is 7.45. The maximum Gasteiger partial charge on any atom is 0.261 e. The van der Waals surface area contributed by atoms with Gasteiger partial charge in [-0.1, -0.05) is 47.5 Å². The Balaban J connectivity index is 1.70. The zero-order valence-electron chi connectivity index (χ0n) is 16.7. The lowest BCUT2D eigenvalue weighted by atomic mass is 10.0. The number of carbonyl (C=O) groups excluding carboxylic acids is 1. The van der Waals surface area contributed by atoms with Crippen LogP contribution in [0.5, 0.6) is 5.75 Å². The molecule has 0 fully saturated rings. The van der Waals surface area contributed by atoms with Crippen LogP contribution in [0.4, 0.5) is 5.69 Å². The number of hydrogen-bond acceptors (Lipinski definition) is 3. The summed E-state index contributed by atoms with van der Waals surface area (Å²) in [6.45, 7) is 4.06. The van der Waals surface area contributed by atoms with Gasteiger partial charge >= 0.3 is 0 Å². The van der Waals surface area contributed by atoms with Gasteiger partial charge in [0.05, 0.1) is 16.8 Å². The van der Waals surface area contributed by atoms with Crippen molar-refractivity contribution in [2.24, 2.45) is 0 Å². The number of benzene rings is 3. The molecule has 0 aliphatic heterocycles. The first-order valence-electron chi connectivity index (χ1n) is 9.52. The number of amides is 1. The lowest BCUT2D eigenvalue weighted by molar-refractivity contribution is 0.0990. The standard InChI is InChI=1S/C24H23N3O2/c1-15-7-9-18(10-8-15)27(3)24(29)20-13-19-21(25-26-22(19)14-23(20)28)12-17-6-4-5-16(2)11-17/h4-11,13-14,28H,12H2,1-3H3,(H,25,26). The number of anilines is 1. The number of nitrogens with zero attached hydrogens (tertiary/aromatic N) is 2. The topological polar surface area (TPSA) is 69.2 Å². The molecule has 1 aromatic heterocycles. The predicted molar refractivity (Wildman–Crippen MR) is 116 cm³/mol. The van der Waals surface area contributed by atoms with Crippen LogP contribution in [0.2, 0.25) is 0 Å². The molecule has 3 aromatic carbocycles. The summed E-state index contributed by atoms with van der Waals surface area (Å²) in [5.41, 5.74) is 6.04. The number of aryl methyl sites for hydroxylation is 2. The van der Waals surface area contributed by atoms with E-state index in [0.29, 0.717) is 11.9 Å². The minimum absolute atomic E-state index is 0.0628. The molecule has 0 saturated carbocycles. The predicted octanol–water partition coefficient (Wildman–Crippen LogP) is 4.75. The Morgan fingerprint density at radius 1 is 1.03 bits per heavy atom. The van der Waals surface area contributed by atoms with E-state index in [1.165, 1.54) is 5.56 Å². The molecule has 29 heavy (non-hydrogen) atoms. The number of nitrogens with one attached hydrogen (secondary N) is 1. The summed E-state index contributed by atoms with van der Waals surface area (Å²) < 4.78 is 0. The summed E-state index contributed by atoms with van der Waals surface area (Å²) in [5, 5.41) is 18.7. The fourth-order valence-corrected chi connectivity index (χ4v) is 3.50. The van der Waals surface area contributed by atoms with Crippen molar-refractivity contribution in [3.63, 3.8) is 0 Å². The maximum atomic E-state index is 13.1. The minimum atomic E-state index is -0.268. The second-order valence-corrected chi connectivity index (χ2v) is 7.45. The van der Waals surface area contributed by atoms with Crippen LogP contribution in [-0.4, -0.2) is 28.3 Å². The molecule has 0 atom stereocenters. The molecule has 4 rings (SSSR count). The Morgan fingerprint density at radius 3 is 2.52 bits per heavy atom. The Kier molecular flexibility index (Phi) is 4.80. The van der Waals surface area contributed by atoms with E-state index < -0.39 is 0 Å². The summed E-state index contributed by atoms with van der Waals surface area (Å²) in [4.78, 5) is 14.6. The number of phenolic OH excluding ortho intramolecular Hbond substituents is 1. The number of rotatable bonds is 4. The van der Waals surface area contributed by atoms with Gasteiger partial charge in [0.1, 0.15) is 5.75 Å². The van der Waals surface area contributed by atoms with E-state index in [-0.39, 0.29) is 17.2 Å². The fraction of sp³-hybridized carbons (Fsp3) is 0.167. The Bertz CT molecular complexity index is 1190. The molecule has 4 aromatic rings. The smallest absolute Gasteiger partial charge is 0.261 e. The first kappa shape index (κ1) is 18.7. The first-order valence-corrected chi connectivity index (χ1v) is 9.52. The molecule has 146 valence electrons. The Labute approximate surface area is 169 Å². The van der Waals surface area contributed by atoms with E-state index in [2.05, 4.69) is 35.3 Å². The quantitative estimate of drug-likeness (QED) is 0.532. The van der Waals surface area contributed by atoms with Gasteiger partial charge in [0.2, 0.25) is 0 Å². The number of H-pyrrole nitrogens is 1. The average Bonchev–Trinajstić information content (AvgIpc) is 3.08. The van der Waals surface area contributed by atoms with Gasteiger partial charge in [-0.15, -0.1) is 0 Å². The van der Waals surface area contributed by atoms with E-state index in [4.69, 9.17) is 0 Å². The molecular formula is C24H23N3O2. The Morgan fingerprint density at radius 2 is 1.79 bits per heavy atom. The van der Waals surface area contributed by atoms with Crippen LogP contribution < -0.4 is 4.90 Å². The molecular weight excluding hydrogens is 362 g/mol. The molecule has 0 radical (unpaired) electrons. The van der Waals surface area contributed by atoms with Crippen molar-refractivity contribution in [2.75, 3.05) is 11.9 Å². The van der Waals surface area contributed by atoms with Gasteiger partial charge in [0.15, 0.2) is 0 Å². The number of carbonyl (C=O) groups is 1. The van der Waals surface area contributed by atoms with Crippen molar-refractivity contribution in [1.29, 1.82) is 0 Å². The molecule has 5 heteroatoms. The zero-order chi connectivity index (χ0) is 20.5. The van der Waals surface area contributed by atoms with E-state index in [0.717, 1.165) is 27.9 Å². The zero-order valence-corrected chi connectivity index (χ0v) is 16.7. The highest BCUT2D eigenvalue weighted by Gasteiger charge is 2.20. The van der Waals surface area contributed by atoms with Crippen LogP contribution in [-0.2, 0) is 6.42 Å². The largest absolute Gasteiger partial charge is 0.507 e. The van der Waals surface area contributed by atoms with Crippen LogP contribution in [0.15, 0.2) is 60.7 Å². The van der Waals surface area contributed by atoms with E-state index in [1.54, 1.807) is 24.1 Å². The van der Waals surface area contributed by atoms with Crippen LogP contribution in [0.1, 0.15) is 32.7 Å².